The Balaban J connectivity index is 1.17. The maximum atomic E-state index is 14.3. The highest BCUT2D eigenvalue weighted by Gasteiger charge is 2.60. The first-order chi connectivity index (χ1) is 28.6. The molecule has 2 bridgehead atoms. The maximum absolute atomic E-state index is 14.3. The largest absolute Gasteiger partial charge is 0.462 e. The Morgan fingerprint density at radius 2 is 1.62 bits per heavy atom. The SMILES string of the molecule is CCC1=C[C@H]2C(=O)O[C@H]3C[C@@H](C/C=C(\C)[C@@H](O[C@H]4C[C@H](OC)[C@@H](O[C@H]5C[C@H](OC)[C@@H](O)[C@H](C)O5)[C@H](C)O4)[C@@H](C)/C=C/C=C4/CO[C@H]([C@H]1O)[C@@]42O)O[C@@]1(CC[C@H](C)[C@@H](C)O1)C3. The third-order valence-electron chi connectivity index (χ3n) is 14.3. The Morgan fingerprint density at radius 3 is 2.33 bits per heavy atom. The number of carbonyl (C=O) groups excluding carboxylic acids is 1. The number of aliphatic hydroxyl groups excluding tert-OH is 2. The summed E-state index contributed by atoms with van der Waals surface area (Å²) in [6, 6.07) is 0. The van der Waals surface area contributed by atoms with Gasteiger partial charge in [-0.3, -0.25) is 4.79 Å². The van der Waals surface area contributed by atoms with Gasteiger partial charge in [0, 0.05) is 52.2 Å². The molecule has 0 amide bonds. The first-order valence-corrected chi connectivity index (χ1v) is 22.3. The van der Waals surface area contributed by atoms with Gasteiger partial charge >= 0.3 is 5.97 Å². The quantitative estimate of drug-likeness (QED) is 0.232. The summed E-state index contributed by atoms with van der Waals surface area (Å²) in [5.74, 6) is -2.37. The van der Waals surface area contributed by atoms with Gasteiger partial charge in [-0.15, -0.1) is 0 Å². The number of ether oxygens (including phenoxy) is 10. The number of allylic oxidation sites excluding steroid dienone is 2. The van der Waals surface area contributed by atoms with E-state index in [2.05, 4.69) is 26.8 Å². The predicted octanol–water partition coefficient (Wildman–Crippen LogP) is 4.97. The minimum absolute atomic E-state index is 0.0400. The molecule has 0 aromatic carbocycles. The highest BCUT2D eigenvalue weighted by Crippen LogP contribution is 2.48. The van der Waals surface area contributed by atoms with Crippen molar-refractivity contribution in [2.75, 3.05) is 20.8 Å². The fraction of sp³-hybridized carbons (Fsp3) is 0.804. The standard InChI is InChI=1S/C46H70O14/c1-10-30-18-34-44(49)56-33-19-32(60-45(22-33)17-16-24(2)27(5)59-45)15-14-26(4)41(25(3)12-11-13-31-23-53-43(40(30)48)46(31,34)50)57-38-21-36(52-9)42(29(7)55-38)58-37-20-35(51-8)39(47)28(6)54-37/h11-14,18,24-25,27-29,32-43,47-48,50H,10,15-17,19-23H2,1-9H3/b12-11+,26-14+,31-13-/t24-,25-,27+,28-,29-,32+,33-,34-,35-,36-,37-,38-,39-,40-,41-,42-,43+,45-,46+/m0/s1. The molecule has 7 rings (SSSR count). The molecule has 0 radical (unpaired) electrons. The topological polar surface area (TPSA) is 170 Å². The van der Waals surface area contributed by atoms with E-state index >= 15 is 0 Å². The third-order valence-corrected chi connectivity index (χ3v) is 14.3. The zero-order valence-electron chi connectivity index (χ0n) is 36.9. The van der Waals surface area contributed by atoms with Gasteiger partial charge in [-0.1, -0.05) is 51.2 Å². The van der Waals surface area contributed by atoms with Crippen LogP contribution >= 0.6 is 0 Å². The van der Waals surface area contributed by atoms with Crippen molar-refractivity contribution in [2.45, 2.75) is 197 Å². The van der Waals surface area contributed by atoms with E-state index in [1.807, 2.05) is 32.9 Å². The lowest BCUT2D eigenvalue weighted by Gasteiger charge is -2.49. The van der Waals surface area contributed by atoms with Gasteiger partial charge in [0.1, 0.15) is 42.0 Å². The van der Waals surface area contributed by atoms with Gasteiger partial charge in [0.25, 0.3) is 0 Å². The smallest absolute Gasteiger partial charge is 0.316 e. The number of hydrogen-bond acceptors (Lipinski definition) is 14. The second-order valence-electron chi connectivity index (χ2n) is 18.4. The summed E-state index contributed by atoms with van der Waals surface area (Å²) in [4.78, 5) is 14.3. The number of rotatable bonds is 7. The normalized spacial score (nSPS) is 50.1. The van der Waals surface area contributed by atoms with Crippen LogP contribution < -0.4 is 0 Å². The summed E-state index contributed by atoms with van der Waals surface area (Å²) >= 11 is 0. The number of aliphatic hydroxyl groups is 3. The number of methoxy groups -OCH3 is 2. The third kappa shape index (κ3) is 9.28. The van der Waals surface area contributed by atoms with Gasteiger partial charge in [-0.05, 0) is 69.6 Å². The van der Waals surface area contributed by atoms with Gasteiger partial charge in [0.15, 0.2) is 18.4 Å². The molecule has 5 saturated heterocycles. The number of esters is 1. The lowest BCUT2D eigenvalue weighted by molar-refractivity contribution is -0.332. The fourth-order valence-electron chi connectivity index (χ4n) is 10.4. The Bertz CT molecular complexity index is 1630. The molecule has 14 heteroatoms. The van der Waals surface area contributed by atoms with Crippen molar-refractivity contribution in [2.24, 2.45) is 17.8 Å². The van der Waals surface area contributed by atoms with Crippen LogP contribution in [0.15, 0.2) is 47.1 Å². The van der Waals surface area contributed by atoms with Crippen LogP contribution in [0.5, 0.6) is 0 Å². The molecular formula is C46H70O14. The van der Waals surface area contributed by atoms with Crippen molar-refractivity contribution in [1.29, 1.82) is 0 Å². The molecule has 6 aliphatic heterocycles. The summed E-state index contributed by atoms with van der Waals surface area (Å²) in [5.41, 5.74) is 0.282. The zero-order valence-corrected chi connectivity index (χ0v) is 36.9. The van der Waals surface area contributed by atoms with Crippen molar-refractivity contribution in [3.8, 4) is 0 Å². The van der Waals surface area contributed by atoms with Gasteiger partial charge in [-0.25, -0.2) is 0 Å². The second kappa shape index (κ2) is 19.0. The fourth-order valence-corrected chi connectivity index (χ4v) is 10.4. The minimum atomic E-state index is -1.82. The van der Waals surface area contributed by atoms with Crippen molar-refractivity contribution < 1.29 is 67.5 Å². The molecule has 5 fully saturated rings. The van der Waals surface area contributed by atoms with Crippen molar-refractivity contribution >= 4 is 5.97 Å². The van der Waals surface area contributed by atoms with E-state index in [0.29, 0.717) is 62.0 Å². The van der Waals surface area contributed by atoms with Crippen LogP contribution in [0.4, 0.5) is 0 Å². The highest BCUT2D eigenvalue weighted by molar-refractivity contribution is 5.78. The monoisotopic (exact) mass is 846 g/mol. The molecule has 3 N–H and O–H groups in total. The number of fused-ring (bicyclic) bond motifs is 2. The van der Waals surface area contributed by atoms with E-state index in [1.165, 1.54) is 0 Å². The van der Waals surface area contributed by atoms with Crippen molar-refractivity contribution in [3.63, 3.8) is 0 Å². The number of hydrogen-bond donors (Lipinski definition) is 3. The van der Waals surface area contributed by atoms with E-state index in [0.717, 1.165) is 12.0 Å². The first-order valence-electron chi connectivity index (χ1n) is 22.3. The molecule has 0 unspecified atom stereocenters. The van der Waals surface area contributed by atoms with Crippen molar-refractivity contribution in [3.05, 3.63) is 47.1 Å². The molecule has 6 heterocycles. The van der Waals surface area contributed by atoms with E-state index in [-0.39, 0.29) is 30.8 Å². The highest BCUT2D eigenvalue weighted by atomic mass is 16.7. The van der Waals surface area contributed by atoms with E-state index in [9.17, 15) is 20.1 Å². The Labute approximate surface area is 355 Å². The van der Waals surface area contributed by atoms with Crippen LogP contribution in [0, 0.1) is 17.8 Å². The van der Waals surface area contributed by atoms with Crippen LogP contribution in [0.25, 0.3) is 0 Å². The van der Waals surface area contributed by atoms with Gasteiger partial charge < -0.3 is 62.7 Å². The molecule has 1 spiro atoms. The zero-order chi connectivity index (χ0) is 43.1. The van der Waals surface area contributed by atoms with Crippen LogP contribution in [-0.2, 0) is 52.2 Å². The molecule has 60 heavy (non-hydrogen) atoms. The lowest BCUT2D eigenvalue weighted by atomic mass is 9.70. The Hall–Kier alpha value is -2.05. The average Bonchev–Trinajstić information content (AvgIpc) is 3.55. The van der Waals surface area contributed by atoms with Crippen LogP contribution in [0.3, 0.4) is 0 Å². The van der Waals surface area contributed by atoms with E-state index in [4.69, 9.17) is 47.4 Å². The molecule has 0 saturated carbocycles. The van der Waals surface area contributed by atoms with Crippen LogP contribution in [0.1, 0.15) is 99.8 Å². The molecule has 1 aliphatic carbocycles. The van der Waals surface area contributed by atoms with E-state index < -0.39 is 90.8 Å². The molecule has 19 atom stereocenters. The molecule has 7 aliphatic rings. The van der Waals surface area contributed by atoms with Gasteiger partial charge in [-0.2, -0.15) is 0 Å². The van der Waals surface area contributed by atoms with Crippen LogP contribution in [-0.4, -0.2) is 139 Å². The minimum Gasteiger partial charge on any atom is -0.462 e. The van der Waals surface area contributed by atoms with Crippen LogP contribution in [0.2, 0.25) is 0 Å². The summed E-state index contributed by atoms with van der Waals surface area (Å²) < 4.78 is 63.3. The second-order valence-corrected chi connectivity index (χ2v) is 18.4. The summed E-state index contributed by atoms with van der Waals surface area (Å²) in [6.45, 7) is 14.0. The Morgan fingerprint density at radius 1 is 0.900 bits per heavy atom. The number of carbonyl (C=O) groups is 1. The summed E-state index contributed by atoms with van der Waals surface area (Å²) in [7, 11) is 3.22. The Kier molecular flexibility index (Phi) is 14.5. The molecule has 0 aromatic heterocycles. The van der Waals surface area contributed by atoms with Gasteiger partial charge in [0.05, 0.1) is 49.3 Å². The molecule has 338 valence electrons. The first kappa shape index (κ1) is 46.0. The average molecular weight is 847 g/mol. The molecule has 14 nitrogen and oxygen atoms in total. The van der Waals surface area contributed by atoms with E-state index in [1.54, 1.807) is 33.3 Å². The molecular weight excluding hydrogens is 776 g/mol. The van der Waals surface area contributed by atoms with Crippen molar-refractivity contribution in [1.82, 2.24) is 0 Å². The summed E-state index contributed by atoms with van der Waals surface area (Å²) in [6.07, 6.45) is 6.12. The van der Waals surface area contributed by atoms with Gasteiger partial charge in [0.2, 0.25) is 0 Å². The predicted molar refractivity (Wildman–Crippen MR) is 218 cm³/mol. The lowest BCUT2D eigenvalue weighted by Crippen LogP contribution is -2.58. The molecule has 0 aromatic rings. The maximum Gasteiger partial charge on any atom is 0.316 e. The summed E-state index contributed by atoms with van der Waals surface area (Å²) in [5, 5.41) is 34.4.